The summed E-state index contributed by atoms with van der Waals surface area (Å²) in [5, 5.41) is 9.06. The van der Waals surface area contributed by atoms with Gasteiger partial charge in [0.05, 0.1) is 35.9 Å². The van der Waals surface area contributed by atoms with E-state index >= 15 is 0 Å². The lowest BCUT2D eigenvalue weighted by Crippen LogP contribution is -2.40. The molecule has 0 bridgehead atoms. The van der Waals surface area contributed by atoms with Crippen molar-refractivity contribution in [2.75, 3.05) is 32.8 Å². The number of nitrogens with zero attached hydrogens (tertiary/aromatic N) is 3. The maximum absolute atomic E-state index is 13.3. The molecule has 31 heavy (non-hydrogen) atoms. The molecular formula is C22H24ClN3O4S. The van der Waals surface area contributed by atoms with Crippen molar-refractivity contribution in [1.29, 1.82) is 5.26 Å². The van der Waals surface area contributed by atoms with Crippen molar-refractivity contribution in [3.05, 3.63) is 64.2 Å². The van der Waals surface area contributed by atoms with Gasteiger partial charge >= 0.3 is 0 Å². The third-order valence-corrected chi connectivity index (χ3v) is 7.74. The van der Waals surface area contributed by atoms with Crippen LogP contribution in [-0.2, 0) is 14.8 Å². The largest absolute Gasteiger partial charge is 0.379 e. The summed E-state index contributed by atoms with van der Waals surface area (Å²) in [4.78, 5) is 14.9. The Balaban J connectivity index is 1.91. The number of hydrogen-bond acceptors (Lipinski definition) is 5. The van der Waals surface area contributed by atoms with Crippen molar-refractivity contribution in [3.8, 4) is 6.07 Å². The van der Waals surface area contributed by atoms with Gasteiger partial charge in [0.2, 0.25) is 10.0 Å². The van der Waals surface area contributed by atoms with Gasteiger partial charge in [-0.25, -0.2) is 8.42 Å². The first kappa shape index (κ1) is 23.2. The molecule has 1 fully saturated rings. The van der Waals surface area contributed by atoms with Crippen LogP contribution in [0.2, 0.25) is 5.02 Å². The van der Waals surface area contributed by atoms with Crippen LogP contribution >= 0.6 is 11.6 Å². The fourth-order valence-corrected chi connectivity index (χ4v) is 5.44. The Labute approximate surface area is 187 Å². The van der Waals surface area contributed by atoms with Gasteiger partial charge in [-0.15, -0.1) is 0 Å². The Bertz CT molecular complexity index is 1090. The molecule has 7 nitrogen and oxygen atoms in total. The van der Waals surface area contributed by atoms with E-state index in [1.807, 2.05) is 26.0 Å². The number of carbonyl (C=O) groups is 1. The quantitative estimate of drug-likeness (QED) is 0.657. The summed E-state index contributed by atoms with van der Waals surface area (Å²) in [5.41, 5.74) is 1.67. The molecule has 2 aromatic carbocycles. The molecule has 1 unspecified atom stereocenters. The first-order chi connectivity index (χ1) is 14.8. The first-order valence-electron chi connectivity index (χ1n) is 9.98. The third-order valence-electron chi connectivity index (χ3n) is 5.36. The third kappa shape index (κ3) is 4.91. The van der Waals surface area contributed by atoms with Crippen molar-refractivity contribution in [1.82, 2.24) is 9.21 Å². The number of hydrogen-bond donors (Lipinski definition) is 0. The zero-order valence-electron chi connectivity index (χ0n) is 17.4. The number of morpholine rings is 1. The standard InChI is InChI=1S/C22H24ClN3O4S/c1-3-26(16(2)18-6-4-17(15-24)5-7-18)22(27)19-8-9-20(23)21(14-19)31(28,29)25-10-12-30-13-11-25/h4-9,14,16H,3,10-13H2,1-2H3. The van der Waals surface area contributed by atoms with Crippen molar-refractivity contribution in [2.45, 2.75) is 24.8 Å². The molecule has 2 aromatic rings. The fourth-order valence-electron chi connectivity index (χ4n) is 3.54. The Kier molecular flexibility index (Phi) is 7.34. The number of sulfonamides is 1. The summed E-state index contributed by atoms with van der Waals surface area (Å²) in [6.45, 7) is 5.31. The van der Waals surface area contributed by atoms with Crippen LogP contribution in [-0.4, -0.2) is 56.4 Å². The number of halogens is 1. The van der Waals surface area contributed by atoms with Crippen LogP contribution in [0.5, 0.6) is 0 Å². The number of ether oxygens (including phenoxy) is 1. The van der Waals surface area contributed by atoms with Crippen LogP contribution in [0.3, 0.4) is 0 Å². The average molecular weight is 462 g/mol. The number of amides is 1. The second-order valence-corrected chi connectivity index (χ2v) is 9.48. The van der Waals surface area contributed by atoms with Gasteiger partial charge in [-0.1, -0.05) is 23.7 Å². The predicted octanol–water partition coefficient (Wildman–Crippen LogP) is 3.46. The molecule has 0 aliphatic carbocycles. The molecule has 1 heterocycles. The van der Waals surface area contributed by atoms with E-state index in [0.717, 1.165) is 5.56 Å². The van der Waals surface area contributed by atoms with Gasteiger partial charge in [-0.2, -0.15) is 9.57 Å². The van der Waals surface area contributed by atoms with E-state index in [0.29, 0.717) is 25.3 Å². The second-order valence-electron chi connectivity index (χ2n) is 7.16. The summed E-state index contributed by atoms with van der Waals surface area (Å²) in [6.07, 6.45) is 0. The summed E-state index contributed by atoms with van der Waals surface area (Å²) in [6, 6.07) is 13.2. The zero-order valence-corrected chi connectivity index (χ0v) is 19.0. The lowest BCUT2D eigenvalue weighted by Gasteiger charge is -2.29. The molecule has 0 radical (unpaired) electrons. The topological polar surface area (TPSA) is 90.7 Å². The van der Waals surface area contributed by atoms with Gasteiger partial charge in [0.15, 0.2) is 0 Å². The lowest BCUT2D eigenvalue weighted by molar-refractivity contribution is 0.0701. The minimum Gasteiger partial charge on any atom is -0.379 e. The van der Waals surface area contributed by atoms with Crippen molar-refractivity contribution >= 4 is 27.5 Å². The molecule has 1 saturated heterocycles. The van der Waals surface area contributed by atoms with Gasteiger partial charge in [-0.3, -0.25) is 4.79 Å². The van der Waals surface area contributed by atoms with E-state index in [2.05, 4.69) is 6.07 Å². The summed E-state index contributed by atoms with van der Waals surface area (Å²) >= 11 is 6.22. The van der Waals surface area contributed by atoms with Crippen LogP contribution in [0.1, 0.15) is 41.4 Å². The highest BCUT2D eigenvalue weighted by molar-refractivity contribution is 7.89. The minimum atomic E-state index is -3.84. The molecule has 1 atom stereocenters. The van der Waals surface area contributed by atoms with Crippen molar-refractivity contribution in [2.24, 2.45) is 0 Å². The van der Waals surface area contributed by atoms with Crippen LogP contribution in [0.4, 0.5) is 0 Å². The molecule has 1 aliphatic heterocycles. The molecule has 0 saturated carbocycles. The molecule has 1 amide bonds. The molecule has 164 valence electrons. The van der Waals surface area contributed by atoms with E-state index in [1.54, 1.807) is 17.0 Å². The van der Waals surface area contributed by atoms with E-state index in [-0.39, 0.29) is 40.5 Å². The molecule has 0 spiro atoms. The van der Waals surface area contributed by atoms with Gasteiger partial charge in [-0.05, 0) is 49.7 Å². The second kappa shape index (κ2) is 9.79. The summed E-state index contributed by atoms with van der Waals surface area (Å²) in [5.74, 6) is -0.297. The van der Waals surface area contributed by atoms with E-state index in [1.165, 1.54) is 22.5 Å². The Morgan fingerprint density at radius 2 is 1.87 bits per heavy atom. The molecule has 1 aliphatic rings. The van der Waals surface area contributed by atoms with Crippen LogP contribution < -0.4 is 0 Å². The lowest BCUT2D eigenvalue weighted by atomic mass is 10.0. The summed E-state index contributed by atoms with van der Waals surface area (Å²) in [7, 11) is -3.84. The smallest absolute Gasteiger partial charge is 0.254 e. The number of nitriles is 1. The molecule has 0 aromatic heterocycles. The van der Waals surface area contributed by atoms with Gasteiger partial charge in [0, 0.05) is 25.2 Å². The zero-order chi connectivity index (χ0) is 22.6. The number of carbonyl (C=O) groups excluding carboxylic acids is 1. The number of benzene rings is 2. The monoisotopic (exact) mass is 461 g/mol. The van der Waals surface area contributed by atoms with E-state index in [9.17, 15) is 13.2 Å². The maximum Gasteiger partial charge on any atom is 0.254 e. The minimum absolute atomic E-state index is 0.0752. The predicted molar refractivity (Wildman–Crippen MR) is 117 cm³/mol. The highest BCUT2D eigenvalue weighted by Gasteiger charge is 2.30. The Morgan fingerprint density at radius 1 is 1.23 bits per heavy atom. The molecular weight excluding hydrogens is 438 g/mol. The van der Waals surface area contributed by atoms with Gasteiger partial charge < -0.3 is 9.64 Å². The molecule has 3 rings (SSSR count). The Hall–Kier alpha value is -2.44. The van der Waals surface area contributed by atoms with Gasteiger partial charge in [0.1, 0.15) is 4.90 Å². The van der Waals surface area contributed by atoms with Crippen LogP contribution in [0.25, 0.3) is 0 Å². The average Bonchev–Trinajstić information content (AvgIpc) is 2.80. The fraction of sp³-hybridized carbons (Fsp3) is 0.364. The van der Waals surface area contributed by atoms with Crippen molar-refractivity contribution < 1.29 is 17.9 Å². The van der Waals surface area contributed by atoms with Gasteiger partial charge in [0.25, 0.3) is 5.91 Å². The van der Waals surface area contributed by atoms with E-state index in [4.69, 9.17) is 21.6 Å². The van der Waals surface area contributed by atoms with Crippen molar-refractivity contribution in [3.63, 3.8) is 0 Å². The molecule has 0 N–H and O–H groups in total. The molecule has 9 heteroatoms. The maximum atomic E-state index is 13.3. The Morgan fingerprint density at radius 3 is 2.45 bits per heavy atom. The highest BCUT2D eigenvalue weighted by atomic mass is 35.5. The SMILES string of the molecule is CCN(C(=O)c1ccc(Cl)c(S(=O)(=O)N2CCOCC2)c1)C(C)c1ccc(C#N)cc1. The van der Waals surface area contributed by atoms with E-state index < -0.39 is 10.0 Å². The number of rotatable bonds is 6. The summed E-state index contributed by atoms with van der Waals surface area (Å²) < 4.78 is 32.7. The van der Waals surface area contributed by atoms with Crippen LogP contribution in [0, 0.1) is 11.3 Å². The van der Waals surface area contributed by atoms with Crippen LogP contribution in [0.15, 0.2) is 47.4 Å². The first-order valence-corrected chi connectivity index (χ1v) is 11.8. The highest BCUT2D eigenvalue weighted by Crippen LogP contribution is 2.29. The normalized spacial score (nSPS) is 15.8.